The summed E-state index contributed by atoms with van der Waals surface area (Å²) in [7, 11) is 0. The van der Waals surface area contributed by atoms with Gasteiger partial charge in [-0.3, -0.25) is 9.59 Å². The Morgan fingerprint density at radius 2 is 1.87 bits per heavy atom. The molecule has 156 valence electrons. The van der Waals surface area contributed by atoms with Crippen molar-refractivity contribution in [3.63, 3.8) is 0 Å². The van der Waals surface area contributed by atoms with Crippen LogP contribution in [0.2, 0.25) is 5.02 Å². The maximum atomic E-state index is 12.4. The molecule has 0 aliphatic carbocycles. The number of halogens is 1. The van der Waals surface area contributed by atoms with Crippen molar-refractivity contribution in [2.75, 3.05) is 13.2 Å². The highest BCUT2D eigenvalue weighted by atomic mass is 35.5. The normalized spacial score (nSPS) is 11.7. The summed E-state index contributed by atoms with van der Waals surface area (Å²) in [6, 6.07) is 17.2. The molecular formula is C23H23ClN2O3S. The van der Waals surface area contributed by atoms with E-state index < -0.39 is 5.92 Å². The van der Waals surface area contributed by atoms with Crippen LogP contribution in [0.3, 0.4) is 0 Å². The lowest BCUT2D eigenvalue weighted by molar-refractivity contribution is -0.147. The van der Waals surface area contributed by atoms with Crippen LogP contribution in [0, 0.1) is 5.92 Å². The monoisotopic (exact) mass is 442 g/mol. The number of carbonyl (C=O) groups is 2. The minimum Gasteiger partial charge on any atom is -0.466 e. The largest absolute Gasteiger partial charge is 0.466 e. The Kier molecular flexibility index (Phi) is 7.99. The number of carbonyl (C=O) groups excluding carboxylic acids is 2. The number of benzene rings is 2. The van der Waals surface area contributed by atoms with Gasteiger partial charge in [-0.2, -0.15) is 0 Å². The smallest absolute Gasteiger partial charge is 0.311 e. The van der Waals surface area contributed by atoms with Crippen molar-refractivity contribution in [3.05, 3.63) is 76.3 Å². The minimum absolute atomic E-state index is 0.141. The van der Waals surface area contributed by atoms with Crippen LogP contribution in [-0.4, -0.2) is 30.0 Å². The summed E-state index contributed by atoms with van der Waals surface area (Å²) in [5, 5.41) is 6.10. The molecule has 7 heteroatoms. The summed E-state index contributed by atoms with van der Waals surface area (Å²) in [5.74, 6) is -0.935. The lowest BCUT2D eigenvalue weighted by Crippen LogP contribution is -2.35. The summed E-state index contributed by atoms with van der Waals surface area (Å²) < 4.78 is 5.18. The standard InChI is InChI=1S/C23H23ClN2O3S/c1-2-29-23(28)17(12-16-8-4-3-5-9-16)14-25-21(27)13-18-15-30-22(26-18)19-10-6-7-11-20(19)24/h3-11,15,17H,2,12-14H2,1H3,(H,25,27). The molecular weight excluding hydrogens is 420 g/mol. The predicted octanol–water partition coefficient (Wildman–Crippen LogP) is 4.54. The van der Waals surface area contributed by atoms with Gasteiger partial charge in [-0.15, -0.1) is 11.3 Å². The maximum Gasteiger partial charge on any atom is 0.311 e. The first-order valence-corrected chi connectivity index (χ1v) is 11.0. The van der Waals surface area contributed by atoms with Crippen LogP contribution >= 0.6 is 22.9 Å². The molecule has 3 aromatic rings. The lowest BCUT2D eigenvalue weighted by Gasteiger charge is -2.16. The van der Waals surface area contributed by atoms with E-state index >= 15 is 0 Å². The van der Waals surface area contributed by atoms with Gasteiger partial charge in [0.2, 0.25) is 5.91 Å². The van der Waals surface area contributed by atoms with E-state index in [9.17, 15) is 9.59 Å². The molecule has 2 aromatic carbocycles. The van der Waals surface area contributed by atoms with Crippen molar-refractivity contribution < 1.29 is 14.3 Å². The predicted molar refractivity (Wildman–Crippen MR) is 120 cm³/mol. The zero-order valence-corrected chi connectivity index (χ0v) is 18.2. The molecule has 0 radical (unpaired) electrons. The number of thiazole rings is 1. The Morgan fingerprint density at radius 1 is 1.13 bits per heavy atom. The first-order valence-electron chi connectivity index (χ1n) is 9.73. The molecule has 0 saturated heterocycles. The highest BCUT2D eigenvalue weighted by molar-refractivity contribution is 7.13. The van der Waals surface area contributed by atoms with Gasteiger partial charge in [0.25, 0.3) is 0 Å². The average molecular weight is 443 g/mol. The van der Waals surface area contributed by atoms with E-state index in [1.807, 2.05) is 60.0 Å². The van der Waals surface area contributed by atoms with Crippen LogP contribution in [0.25, 0.3) is 10.6 Å². The number of hydrogen-bond donors (Lipinski definition) is 1. The molecule has 5 nitrogen and oxygen atoms in total. The van der Waals surface area contributed by atoms with Gasteiger partial charge in [-0.05, 0) is 25.0 Å². The van der Waals surface area contributed by atoms with Crippen LogP contribution in [0.15, 0.2) is 60.0 Å². The number of nitrogens with zero attached hydrogens (tertiary/aromatic N) is 1. The molecule has 1 unspecified atom stereocenters. The number of rotatable bonds is 9. The van der Waals surface area contributed by atoms with Crippen LogP contribution in [0.4, 0.5) is 0 Å². The maximum absolute atomic E-state index is 12.4. The number of hydrogen-bond acceptors (Lipinski definition) is 5. The summed E-state index contributed by atoms with van der Waals surface area (Å²) in [4.78, 5) is 29.3. The van der Waals surface area contributed by atoms with E-state index in [1.165, 1.54) is 11.3 Å². The van der Waals surface area contributed by atoms with Crippen LogP contribution in [0.1, 0.15) is 18.2 Å². The Bertz CT molecular complexity index is 991. The quantitative estimate of drug-likeness (QED) is 0.494. The van der Waals surface area contributed by atoms with E-state index in [2.05, 4.69) is 10.3 Å². The van der Waals surface area contributed by atoms with Gasteiger partial charge >= 0.3 is 5.97 Å². The van der Waals surface area contributed by atoms with Gasteiger partial charge in [0.1, 0.15) is 5.01 Å². The Morgan fingerprint density at radius 3 is 2.60 bits per heavy atom. The summed E-state index contributed by atoms with van der Waals surface area (Å²) in [6.07, 6.45) is 0.648. The topological polar surface area (TPSA) is 68.3 Å². The second-order valence-corrected chi connectivity index (χ2v) is 8.01. The molecule has 0 aliphatic rings. The summed E-state index contributed by atoms with van der Waals surface area (Å²) in [6.45, 7) is 2.30. The van der Waals surface area contributed by atoms with Gasteiger partial charge in [-0.25, -0.2) is 4.98 Å². The SMILES string of the molecule is CCOC(=O)C(CNC(=O)Cc1csc(-c2ccccc2Cl)n1)Cc1ccccc1. The molecule has 1 atom stereocenters. The summed E-state index contributed by atoms with van der Waals surface area (Å²) in [5.41, 5.74) is 2.54. The Balaban J connectivity index is 1.59. The zero-order valence-electron chi connectivity index (χ0n) is 16.6. The molecule has 0 bridgehead atoms. The third-order valence-electron chi connectivity index (χ3n) is 4.49. The molecule has 30 heavy (non-hydrogen) atoms. The van der Waals surface area contributed by atoms with E-state index in [1.54, 1.807) is 6.92 Å². The van der Waals surface area contributed by atoms with Crippen LogP contribution in [0.5, 0.6) is 0 Å². The molecule has 0 aliphatic heterocycles. The lowest BCUT2D eigenvalue weighted by atomic mass is 9.99. The molecule has 1 amide bonds. The Labute approximate surface area is 185 Å². The minimum atomic E-state index is -0.439. The fourth-order valence-corrected chi connectivity index (χ4v) is 4.15. The van der Waals surface area contributed by atoms with Crippen molar-refractivity contribution in [3.8, 4) is 10.6 Å². The third-order valence-corrected chi connectivity index (χ3v) is 5.74. The summed E-state index contributed by atoms with van der Waals surface area (Å²) >= 11 is 7.67. The molecule has 3 rings (SSSR count). The van der Waals surface area contributed by atoms with Gasteiger partial charge < -0.3 is 10.1 Å². The van der Waals surface area contributed by atoms with Gasteiger partial charge in [0.05, 0.1) is 29.7 Å². The molecule has 0 saturated carbocycles. The Hall–Kier alpha value is -2.70. The first kappa shape index (κ1) is 22.0. The number of aromatic nitrogens is 1. The highest BCUT2D eigenvalue weighted by Gasteiger charge is 2.21. The van der Waals surface area contributed by atoms with E-state index in [-0.39, 0.29) is 24.8 Å². The number of esters is 1. The number of nitrogens with one attached hydrogen (secondary N) is 1. The zero-order chi connectivity index (χ0) is 21.3. The number of ether oxygens (including phenoxy) is 1. The van der Waals surface area contributed by atoms with Gasteiger partial charge in [0, 0.05) is 17.5 Å². The fourth-order valence-electron chi connectivity index (χ4n) is 3.01. The first-order chi connectivity index (χ1) is 14.6. The van der Waals surface area contributed by atoms with Crippen molar-refractivity contribution in [2.45, 2.75) is 19.8 Å². The molecule has 1 N–H and O–H groups in total. The van der Waals surface area contributed by atoms with Crippen LogP contribution in [-0.2, 0) is 27.2 Å². The second-order valence-electron chi connectivity index (χ2n) is 6.74. The third kappa shape index (κ3) is 6.15. The molecule has 1 heterocycles. The van der Waals surface area contributed by atoms with Gasteiger partial charge in [-0.1, -0.05) is 60.1 Å². The van der Waals surface area contributed by atoms with Crippen molar-refractivity contribution in [1.82, 2.24) is 10.3 Å². The average Bonchev–Trinajstić information content (AvgIpc) is 3.20. The second kappa shape index (κ2) is 10.9. The van der Waals surface area contributed by atoms with Gasteiger partial charge in [0.15, 0.2) is 0 Å². The van der Waals surface area contributed by atoms with Crippen molar-refractivity contribution in [1.29, 1.82) is 0 Å². The number of amides is 1. The van der Waals surface area contributed by atoms with E-state index in [0.717, 1.165) is 16.1 Å². The van der Waals surface area contributed by atoms with E-state index in [0.29, 0.717) is 23.7 Å². The highest BCUT2D eigenvalue weighted by Crippen LogP contribution is 2.30. The van der Waals surface area contributed by atoms with Crippen molar-refractivity contribution >= 4 is 34.8 Å². The van der Waals surface area contributed by atoms with E-state index in [4.69, 9.17) is 16.3 Å². The molecule has 0 fully saturated rings. The molecule has 1 aromatic heterocycles. The van der Waals surface area contributed by atoms with Crippen LogP contribution < -0.4 is 5.32 Å². The van der Waals surface area contributed by atoms with Crippen molar-refractivity contribution in [2.24, 2.45) is 5.92 Å². The molecule has 0 spiro atoms. The fraction of sp³-hybridized carbons (Fsp3) is 0.261.